The van der Waals surface area contributed by atoms with Crippen LogP contribution >= 0.6 is 0 Å². The second-order valence-corrected chi connectivity index (χ2v) is 6.77. The first-order valence-corrected chi connectivity index (χ1v) is 8.18. The van der Waals surface area contributed by atoms with Crippen molar-refractivity contribution in [1.29, 1.82) is 0 Å². The fourth-order valence-corrected chi connectivity index (χ4v) is 3.49. The Hall–Kier alpha value is -1.63. The minimum Gasteiger partial charge on any atom is -0.472 e. The molecule has 1 heterocycles. The number of sulfonamides is 1. The molecule has 0 saturated carbocycles. The molecule has 6 heteroatoms. The summed E-state index contributed by atoms with van der Waals surface area (Å²) in [7, 11) is -1.71. The molecule has 0 amide bonds. The predicted molar refractivity (Wildman–Crippen MR) is 81.4 cm³/mol. The number of nitrogens with one attached hydrogen (secondary N) is 2. The Labute approximate surface area is 125 Å². The van der Waals surface area contributed by atoms with Gasteiger partial charge in [-0.1, -0.05) is 6.07 Å². The highest BCUT2D eigenvalue weighted by Crippen LogP contribution is 2.21. The lowest BCUT2D eigenvalue weighted by Crippen LogP contribution is -2.24. The average Bonchev–Trinajstić information content (AvgIpc) is 2.93. The van der Waals surface area contributed by atoms with E-state index in [1.165, 1.54) is 12.5 Å². The van der Waals surface area contributed by atoms with E-state index >= 15 is 0 Å². The topological polar surface area (TPSA) is 71.3 Å². The third-order valence-corrected chi connectivity index (χ3v) is 4.88. The van der Waals surface area contributed by atoms with Crippen LogP contribution in [-0.2, 0) is 23.1 Å². The van der Waals surface area contributed by atoms with Gasteiger partial charge in [0.2, 0.25) is 10.0 Å². The summed E-state index contributed by atoms with van der Waals surface area (Å²) in [5.41, 5.74) is 3.59. The Morgan fingerprint density at radius 2 is 1.90 bits per heavy atom. The summed E-state index contributed by atoms with van der Waals surface area (Å²) in [6, 6.07) is 5.37. The highest BCUT2D eigenvalue weighted by molar-refractivity contribution is 7.89. The SMILES string of the molecule is CNCc1cc(S(=O)(=O)NCc2ccoc2)c(C)cc1C. The quantitative estimate of drug-likeness (QED) is 0.857. The third-order valence-electron chi connectivity index (χ3n) is 3.34. The van der Waals surface area contributed by atoms with E-state index < -0.39 is 10.0 Å². The molecule has 5 nitrogen and oxygen atoms in total. The summed E-state index contributed by atoms with van der Waals surface area (Å²) in [5.74, 6) is 0. The predicted octanol–water partition coefficient (Wildman–Crippen LogP) is 2.09. The summed E-state index contributed by atoms with van der Waals surface area (Å²) >= 11 is 0. The minimum absolute atomic E-state index is 0.216. The smallest absolute Gasteiger partial charge is 0.241 e. The monoisotopic (exact) mass is 308 g/mol. The van der Waals surface area contributed by atoms with Crippen molar-refractivity contribution >= 4 is 10.0 Å². The molecular formula is C15H20N2O3S. The molecule has 1 aromatic heterocycles. The van der Waals surface area contributed by atoms with Crippen LogP contribution in [0.4, 0.5) is 0 Å². The first-order valence-electron chi connectivity index (χ1n) is 6.69. The molecule has 0 saturated heterocycles. The van der Waals surface area contributed by atoms with Crippen LogP contribution < -0.4 is 10.0 Å². The standard InChI is InChI=1S/C15H20N2O3S/c1-11-6-12(2)15(7-14(11)9-16-3)21(18,19)17-8-13-4-5-20-10-13/h4-7,10,16-17H,8-9H2,1-3H3. The van der Waals surface area contributed by atoms with E-state index in [4.69, 9.17) is 4.42 Å². The molecule has 2 aromatic rings. The van der Waals surface area contributed by atoms with Gasteiger partial charge in [-0.2, -0.15) is 0 Å². The van der Waals surface area contributed by atoms with Gasteiger partial charge in [-0.3, -0.25) is 0 Å². The number of aryl methyl sites for hydroxylation is 2. The molecule has 0 radical (unpaired) electrons. The van der Waals surface area contributed by atoms with E-state index in [0.717, 1.165) is 22.3 Å². The van der Waals surface area contributed by atoms with Crippen molar-refractivity contribution in [3.63, 3.8) is 0 Å². The van der Waals surface area contributed by atoms with Crippen molar-refractivity contribution in [3.8, 4) is 0 Å². The van der Waals surface area contributed by atoms with Crippen molar-refractivity contribution in [3.05, 3.63) is 53.0 Å². The first-order chi connectivity index (χ1) is 9.94. The first kappa shape index (κ1) is 15.8. The van der Waals surface area contributed by atoms with Crippen LogP contribution in [0.2, 0.25) is 0 Å². The molecule has 0 unspecified atom stereocenters. The van der Waals surface area contributed by atoms with Crippen molar-refractivity contribution in [2.75, 3.05) is 7.05 Å². The Morgan fingerprint density at radius 1 is 1.14 bits per heavy atom. The minimum atomic E-state index is -3.54. The normalized spacial score (nSPS) is 11.8. The molecule has 2 rings (SSSR count). The Morgan fingerprint density at radius 3 is 2.52 bits per heavy atom. The van der Waals surface area contributed by atoms with Gasteiger partial charge in [0.05, 0.1) is 17.4 Å². The van der Waals surface area contributed by atoms with E-state index in [1.54, 1.807) is 12.1 Å². The van der Waals surface area contributed by atoms with E-state index in [9.17, 15) is 8.42 Å². The van der Waals surface area contributed by atoms with Gasteiger partial charge in [0.25, 0.3) is 0 Å². The van der Waals surface area contributed by atoms with Crippen LogP contribution in [0.3, 0.4) is 0 Å². The fourth-order valence-electron chi connectivity index (χ4n) is 2.19. The van der Waals surface area contributed by atoms with Crippen LogP contribution in [0, 0.1) is 13.8 Å². The highest BCUT2D eigenvalue weighted by atomic mass is 32.2. The molecule has 0 aliphatic rings. The zero-order valence-corrected chi connectivity index (χ0v) is 13.3. The molecule has 0 aliphatic heterocycles. The fraction of sp³-hybridized carbons (Fsp3) is 0.333. The van der Waals surface area contributed by atoms with Gasteiger partial charge in [0, 0.05) is 18.7 Å². The van der Waals surface area contributed by atoms with Gasteiger partial charge in [0.1, 0.15) is 0 Å². The lowest BCUT2D eigenvalue weighted by atomic mass is 10.1. The molecule has 0 bridgehead atoms. The van der Waals surface area contributed by atoms with Crippen molar-refractivity contribution in [1.82, 2.24) is 10.0 Å². The summed E-state index contributed by atoms with van der Waals surface area (Å²) in [6.07, 6.45) is 3.04. The van der Waals surface area contributed by atoms with E-state index in [1.807, 2.05) is 27.0 Å². The number of hydrogen-bond acceptors (Lipinski definition) is 4. The summed E-state index contributed by atoms with van der Waals surface area (Å²) in [5, 5.41) is 3.05. The number of rotatable bonds is 6. The van der Waals surface area contributed by atoms with E-state index in [-0.39, 0.29) is 6.54 Å². The van der Waals surface area contributed by atoms with Crippen molar-refractivity contribution in [2.45, 2.75) is 31.8 Å². The maximum Gasteiger partial charge on any atom is 0.241 e. The second-order valence-electron chi connectivity index (χ2n) is 5.03. The molecule has 0 spiro atoms. The van der Waals surface area contributed by atoms with Gasteiger partial charge < -0.3 is 9.73 Å². The van der Waals surface area contributed by atoms with E-state index in [0.29, 0.717) is 11.4 Å². The van der Waals surface area contributed by atoms with Crippen LogP contribution in [-0.4, -0.2) is 15.5 Å². The molecular weight excluding hydrogens is 288 g/mol. The Balaban J connectivity index is 2.28. The summed E-state index contributed by atoms with van der Waals surface area (Å²) < 4.78 is 32.4. The Kier molecular flexibility index (Phi) is 4.82. The molecule has 114 valence electrons. The average molecular weight is 308 g/mol. The van der Waals surface area contributed by atoms with Crippen LogP contribution in [0.5, 0.6) is 0 Å². The lowest BCUT2D eigenvalue weighted by Gasteiger charge is -2.13. The largest absolute Gasteiger partial charge is 0.472 e. The van der Waals surface area contributed by atoms with Gasteiger partial charge in [0.15, 0.2) is 0 Å². The Bertz CT molecular complexity index is 707. The second kappa shape index (κ2) is 6.43. The van der Waals surface area contributed by atoms with Crippen LogP contribution in [0.1, 0.15) is 22.3 Å². The van der Waals surface area contributed by atoms with E-state index in [2.05, 4.69) is 10.0 Å². The summed E-state index contributed by atoms with van der Waals surface area (Å²) in [4.78, 5) is 0.321. The molecule has 0 fully saturated rings. The van der Waals surface area contributed by atoms with Crippen molar-refractivity contribution < 1.29 is 12.8 Å². The molecule has 2 N–H and O–H groups in total. The molecule has 1 aromatic carbocycles. The van der Waals surface area contributed by atoms with Crippen LogP contribution in [0.25, 0.3) is 0 Å². The third kappa shape index (κ3) is 3.72. The number of benzene rings is 1. The summed E-state index contributed by atoms with van der Waals surface area (Å²) in [6.45, 7) is 4.64. The van der Waals surface area contributed by atoms with Gasteiger partial charge in [-0.15, -0.1) is 0 Å². The maximum absolute atomic E-state index is 12.5. The zero-order chi connectivity index (χ0) is 15.5. The van der Waals surface area contributed by atoms with Crippen molar-refractivity contribution in [2.24, 2.45) is 0 Å². The van der Waals surface area contributed by atoms with Crippen LogP contribution in [0.15, 0.2) is 40.0 Å². The number of furan rings is 1. The maximum atomic E-state index is 12.5. The molecule has 0 aliphatic carbocycles. The number of hydrogen-bond donors (Lipinski definition) is 2. The zero-order valence-electron chi connectivity index (χ0n) is 12.4. The molecule has 21 heavy (non-hydrogen) atoms. The van der Waals surface area contributed by atoms with Gasteiger partial charge >= 0.3 is 0 Å². The highest BCUT2D eigenvalue weighted by Gasteiger charge is 2.18. The van der Waals surface area contributed by atoms with Gasteiger partial charge in [-0.05, 0) is 49.7 Å². The van der Waals surface area contributed by atoms with Gasteiger partial charge in [-0.25, -0.2) is 13.1 Å². The molecule has 0 atom stereocenters. The lowest BCUT2D eigenvalue weighted by molar-refractivity contribution is 0.561.